The number of nitrogens with one attached hydrogen (secondary N) is 1. The summed E-state index contributed by atoms with van der Waals surface area (Å²) in [6, 6.07) is 0.596. The van der Waals surface area contributed by atoms with Gasteiger partial charge in [-0.1, -0.05) is 11.3 Å². The lowest BCUT2D eigenvalue weighted by molar-refractivity contribution is 0.196. The fourth-order valence-corrected chi connectivity index (χ4v) is 3.05. The highest BCUT2D eigenvalue weighted by atomic mass is 32.1. The third kappa shape index (κ3) is 3.38. The molecule has 1 unspecified atom stereocenters. The Hall–Kier alpha value is -0.690. The number of thiazole rings is 1. The number of nitrogens with zero attached hydrogens (tertiary/aromatic N) is 3. The molecule has 0 spiro atoms. The van der Waals surface area contributed by atoms with Crippen molar-refractivity contribution in [1.29, 1.82) is 0 Å². The molecule has 96 valence electrons. The molecule has 6 heteroatoms. The first-order valence-corrected chi connectivity index (χ1v) is 6.84. The summed E-state index contributed by atoms with van der Waals surface area (Å²) in [6.45, 7) is 6.77. The molecule has 2 heterocycles. The molecule has 5 nitrogen and oxygen atoms in total. The van der Waals surface area contributed by atoms with Crippen LogP contribution in [-0.2, 0) is 6.54 Å². The molecule has 0 aliphatic carbocycles. The highest BCUT2D eigenvalue weighted by Crippen LogP contribution is 2.20. The minimum atomic E-state index is 0.596. The first-order chi connectivity index (χ1) is 8.19. The van der Waals surface area contributed by atoms with Crippen LogP contribution in [0.4, 0.5) is 5.13 Å². The van der Waals surface area contributed by atoms with Crippen molar-refractivity contribution in [2.75, 3.05) is 32.1 Å². The first-order valence-electron chi connectivity index (χ1n) is 6.03. The van der Waals surface area contributed by atoms with Crippen molar-refractivity contribution in [3.8, 4) is 0 Å². The van der Waals surface area contributed by atoms with E-state index < -0.39 is 0 Å². The van der Waals surface area contributed by atoms with Gasteiger partial charge in [-0.2, -0.15) is 0 Å². The lowest BCUT2D eigenvalue weighted by Gasteiger charge is -2.27. The Morgan fingerprint density at radius 1 is 1.59 bits per heavy atom. The van der Waals surface area contributed by atoms with Crippen LogP contribution in [-0.4, -0.2) is 47.5 Å². The van der Waals surface area contributed by atoms with E-state index in [1.165, 1.54) is 17.8 Å². The highest BCUT2D eigenvalue weighted by molar-refractivity contribution is 7.15. The summed E-state index contributed by atoms with van der Waals surface area (Å²) >= 11 is 1.63. The predicted molar refractivity (Wildman–Crippen MR) is 71.9 cm³/mol. The summed E-state index contributed by atoms with van der Waals surface area (Å²) < 4.78 is 0. The monoisotopic (exact) mass is 255 g/mol. The summed E-state index contributed by atoms with van der Waals surface area (Å²) in [5.74, 6) is 5.34. The van der Waals surface area contributed by atoms with Crippen LogP contribution in [0.3, 0.4) is 0 Å². The van der Waals surface area contributed by atoms with Crippen molar-refractivity contribution in [2.24, 2.45) is 5.84 Å². The molecule has 1 saturated heterocycles. The third-order valence-electron chi connectivity index (χ3n) is 3.22. The van der Waals surface area contributed by atoms with Gasteiger partial charge in [-0.3, -0.25) is 10.3 Å². The normalized spacial score (nSPS) is 23.6. The van der Waals surface area contributed by atoms with E-state index in [1.54, 1.807) is 11.3 Å². The van der Waals surface area contributed by atoms with E-state index >= 15 is 0 Å². The number of hydrazine groups is 1. The molecular formula is C11H21N5S. The molecule has 1 aromatic heterocycles. The minimum absolute atomic E-state index is 0.596. The first kappa shape index (κ1) is 12.8. The number of hydrogen-bond donors (Lipinski definition) is 2. The molecule has 1 aromatic rings. The standard InChI is InChI=1S/C11H21N5S/c1-9-7-15(2)4-3-5-16(9)8-10-6-13-11(14-12)17-10/h6,9H,3-5,7-8,12H2,1-2H3,(H,13,14). The van der Waals surface area contributed by atoms with Crippen LogP contribution in [0.1, 0.15) is 18.2 Å². The average Bonchev–Trinajstić information content (AvgIpc) is 2.68. The lowest BCUT2D eigenvalue weighted by Crippen LogP contribution is -2.37. The average molecular weight is 255 g/mol. The fraction of sp³-hybridized carbons (Fsp3) is 0.727. The highest BCUT2D eigenvalue weighted by Gasteiger charge is 2.20. The summed E-state index contributed by atoms with van der Waals surface area (Å²) in [5.41, 5.74) is 2.60. The van der Waals surface area contributed by atoms with Gasteiger partial charge in [0.1, 0.15) is 0 Å². The molecule has 3 N–H and O–H groups in total. The largest absolute Gasteiger partial charge is 0.305 e. The molecule has 17 heavy (non-hydrogen) atoms. The van der Waals surface area contributed by atoms with E-state index in [4.69, 9.17) is 5.84 Å². The van der Waals surface area contributed by atoms with Gasteiger partial charge in [-0.05, 0) is 26.9 Å². The number of nitrogen functional groups attached to an aromatic ring is 1. The molecule has 1 fully saturated rings. The Bertz CT molecular complexity index is 353. The van der Waals surface area contributed by atoms with Gasteiger partial charge in [-0.25, -0.2) is 10.8 Å². The van der Waals surface area contributed by atoms with Crippen molar-refractivity contribution in [1.82, 2.24) is 14.8 Å². The number of likely N-dealkylation sites (N-methyl/N-ethyl adjacent to an activating group) is 1. The van der Waals surface area contributed by atoms with Crippen LogP contribution in [0.15, 0.2) is 6.20 Å². The Balaban J connectivity index is 1.97. The number of hydrogen-bond acceptors (Lipinski definition) is 6. The number of anilines is 1. The number of nitrogens with two attached hydrogens (primary N) is 1. The number of rotatable bonds is 3. The molecule has 0 saturated carbocycles. The Morgan fingerprint density at radius 2 is 2.41 bits per heavy atom. The van der Waals surface area contributed by atoms with Gasteiger partial charge in [0.15, 0.2) is 5.13 Å². The van der Waals surface area contributed by atoms with E-state index in [2.05, 4.69) is 34.2 Å². The zero-order valence-electron chi connectivity index (χ0n) is 10.5. The van der Waals surface area contributed by atoms with E-state index in [-0.39, 0.29) is 0 Å². The van der Waals surface area contributed by atoms with E-state index in [0.29, 0.717) is 6.04 Å². The fourth-order valence-electron chi connectivity index (χ4n) is 2.30. The second kappa shape index (κ2) is 5.77. The van der Waals surface area contributed by atoms with Crippen molar-refractivity contribution in [2.45, 2.75) is 25.9 Å². The molecule has 2 rings (SSSR count). The van der Waals surface area contributed by atoms with Gasteiger partial charge in [-0.15, -0.1) is 0 Å². The molecule has 1 aliphatic heterocycles. The van der Waals surface area contributed by atoms with Crippen LogP contribution < -0.4 is 11.3 Å². The van der Waals surface area contributed by atoms with Crippen LogP contribution in [0.25, 0.3) is 0 Å². The Kier molecular flexibility index (Phi) is 4.33. The van der Waals surface area contributed by atoms with Crippen molar-refractivity contribution in [3.05, 3.63) is 11.1 Å². The zero-order chi connectivity index (χ0) is 12.3. The summed E-state index contributed by atoms with van der Waals surface area (Å²) in [5, 5.41) is 0.791. The molecule has 1 aliphatic rings. The third-order valence-corrected chi connectivity index (χ3v) is 4.13. The van der Waals surface area contributed by atoms with Gasteiger partial charge in [0.25, 0.3) is 0 Å². The van der Waals surface area contributed by atoms with Gasteiger partial charge >= 0.3 is 0 Å². The topological polar surface area (TPSA) is 57.4 Å². The van der Waals surface area contributed by atoms with Gasteiger partial charge in [0.05, 0.1) is 0 Å². The molecular weight excluding hydrogens is 234 g/mol. The Labute approximate surface area is 107 Å². The predicted octanol–water partition coefficient (Wildman–Crippen LogP) is 0.955. The van der Waals surface area contributed by atoms with Crippen molar-refractivity contribution < 1.29 is 0 Å². The molecule has 1 atom stereocenters. The summed E-state index contributed by atoms with van der Waals surface area (Å²) in [4.78, 5) is 10.4. The van der Waals surface area contributed by atoms with Crippen LogP contribution >= 0.6 is 11.3 Å². The van der Waals surface area contributed by atoms with Crippen molar-refractivity contribution in [3.63, 3.8) is 0 Å². The summed E-state index contributed by atoms with van der Waals surface area (Å²) in [7, 11) is 2.20. The zero-order valence-corrected chi connectivity index (χ0v) is 11.3. The van der Waals surface area contributed by atoms with E-state index in [1.807, 2.05) is 6.20 Å². The molecule has 0 aromatic carbocycles. The number of aromatic nitrogens is 1. The molecule has 0 bridgehead atoms. The second-order valence-electron chi connectivity index (χ2n) is 4.71. The van der Waals surface area contributed by atoms with E-state index in [0.717, 1.165) is 24.8 Å². The Morgan fingerprint density at radius 3 is 3.12 bits per heavy atom. The van der Waals surface area contributed by atoms with Gasteiger partial charge in [0.2, 0.25) is 0 Å². The lowest BCUT2D eigenvalue weighted by atomic mass is 10.2. The van der Waals surface area contributed by atoms with Crippen LogP contribution in [0.5, 0.6) is 0 Å². The quantitative estimate of drug-likeness (QED) is 0.622. The maximum Gasteiger partial charge on any atom is 0.197 e. The SMILES string of the molecule is CC1CN(C)CCCN1Cc1cnc(NN)s1. The minimum Gasteiger partial charge on any atom is -0.305 e. The van der Waals surface area contributed by atoms with Gasteiger partial charge < -0.3 is 4.90 Å². The second-order valence-corrected chi connectivity index (χ2v) is 5.83. The van der Waals surface area contributed by atoms with Crippen LogP contribution in [0, 0.1) is 0 Å². The maximum absolute atomic E-state index is 5.34. The van der Waals surface area contributed by atoms with Crippen LogP contribution in [0.2, 0.25) is 0 Å². The smallest absolute Gasteiger partial charge is 0.197 e. The molecule has 0 amide bonds. The maximum atomic E-state index is 5.34. The molecule has 0 radical (unpaired) electrons. The van der Waals surface area contributed by atoms with Gasteiger partial charge in [0, 0.05) is 36.8 Å². The van der Waals surface area contributed by atoms with Crippen molar-refractivity contribution >= 4 is 16.5 Å². The van der Waals surface area contributed by atoms with E-state index in [9.17, 15) is 0 Å². The summed E-state index contributed by atoms with van der Waals surface area (Å²) in [6.07, 6.45) is 3.16.